The van der Waals surface area contributed by atoms with Crippen molar-refractivity contribution in [2.24, 2.45) is 0 Å². The van der Waals surface area contributed by atoms with Crippen LogP contribution in [0.15, 0.2) is 83.8 Å². The summed E-state index contributed by atoms with van der Waals surface area (Å²) in [5.41, 5.74) is 2.12. The van der Waals surface area contributed by atoms with Crippen molar-refractivity contribution in [3.05, 3.63) is 101 Å². The van der Waals surface area contributed by atoms with Crippen LogP contribution in [0.5, 0.6) is 0 Å². The number of hydroxylamine groups is 1. The number of nitrogens with one attached hydrogen (secondary N) is 1. The minimum atomic E-state index is -3.78. The van der Waals surface area contributed by atoms with Gasteiger partial charge in [-0.1, -0.05) is 58.5 Å². The van der Waals surface area contributed by atoms with Gasteiger partial charge in [-0.05, 0) is 47.5 Å². The smallest absolute Gasteiger partial charge is 0.264 e. The molecule has 0 heterocycles. The van der Waals surface area contributed by atoms with Crippen molar-refractivity contribution >= 4 is 27.5 Å². The van der Waals surface area contributed by atoms with Crippen LogP contribution in [-0.4, -0.2) is 33.0 Å². The largest absolute Gasteiger partial charge is 0.341 e. The Morgan fingerprint density at radius 3 is 2.07 bits per heavy atom. The van der Waals surface area contributed by atoms with E-state index in [1.807, 2.05) is 42.5 Å². The summed E-state index contributed by atoms with van der Waals surface area (Å²) in [6, 6.07) is 22.1. The van der Waals surface area contributed by atoms with Crippen LogP contribution in [0.25, 0.3) is 0 Å². The molecule has 3 aromatic rings. The first kappa shape index (κ1) is 22.0. The Bertz CT molecular complexity index is 1100. The molecule has 8 heteroatoms. The highest BCUT2D eigenvalue weighted by molar-refractivity contribution is 7.89. The molecule has 0 fully saturated rings. The Balaban J connectivity index is 1.87. The zero-order valence-electron chi connectivity index (χ0n) is 16.4. The lowest BCUT2D eigenvalue weighted by atomic mass is 9.98. The summed E-state index contributed by atoms with van der Waals surface area (Å²) < 4.78 is 25.4. The maximum absolute atomic E-state index is 12.9. The third kappa shape index (κ3) is 4.88. The Kier molecular flexibility index (Phi) is 6.89. The molecule has 0 radical (unpaired) electrons. The van der Waals surface area contributed by atoms with Crippen LogP contribution in [0.2, 0.25) is 5.02 Å². The van der Waals surface area contributed by atoms with Crippen molar-refractivity contribution in [3.8, 4) is 0 Å². The van der Waals surface area contributed by atoms with Gasteiger partial charge in [0.05, 0.1) is 18.0 Å². The number of benzene rings is 3. The number of rotatable bonds is 7. The monoisotopic (exact) mass is 444 g/mol. The number of nitrogens with zero attached hydrogens (tertiary/aromatic N) is 1. The second kappa shape index (κ2) is 9.40. The maximum atomic E-state index is 12.9. The summed E-state index contributed by atoms with van der Waals surface area (Å²) in [5.74, 6) is -0.331. The minimum Gasteiger partial charge on any atom is -0.341 e. The summed E-state index contributed by atoms with van der Waals surface area (Å²) in [7, 11) is -1.22. The third-order valence-electron chi connectivity index (χ3n) is 4.62. The molecule has 0 aliphatic rings. The van der Waals surface area contributed by atoms with Crippen molar-refractivity contribution < 1.29 is 18.0 Å². The molecule has 3 rings (SSSR count). The lowest BCUT2D eigenvalue weighted by molar-refractivity contribution is -0.0258. The molecule has 0 aliphatic heterocycles. The summed E-state index contributed by atoms with van der Waals surface area (Å²) in [4.78, 5) is 17.7. The van der Waals surface area contributed by atoms with E-state index in [1.54, 1.807) is 12.1 Å². The van der Waals surface area contributed by atoms with Gasteiger partial charge in [-0.15, -0.1) is 0 Å². The second-order valence-corrected chi connectivity index (χ2v) is 8.86. The molecule has 1 N–H and O–H groups in total. The van der Waals surface area contributed by atoms with Crippen molar-refractivity contribution in [1.29, 1.82) is 0 Å². The number of hydrogen-bond donors (Lipinski definition) is 1. The Labute approximate surface area is 181 Å². The van der Waals surface area contributed by atoms with Crippen LogP contribution >= 0.6 is 11.6 Å². The molecule has 1 atom stereocenters. The van der Waals surface area contributed by atoms with Crippen molar-refractivity contribution in [1.82, 2.24) is 9.79 Å². The topological polar surface area (TPSA) is 75.7 Å². The van der Waals surface area contributed by atoms with Crippen molar-refractivity contribution in [3.63, 3.8) is 0 Å². The summed E-state index contributed by atoms with van der Waals surface area (Å²) >= 11 is 6.00. The van der Waals surface area contributed by atoms with Crippen LogP contribution in [-0.2, 0) is 14.9 Å². The Morgan fingerprint density at radius 2 is 1.50 bits per heavy atom. The van der Waals surface area contributed by atoms with Gasteiger partial charge in [-0.2, -0.15) is 0 Å². The summed E-state index contributed by atoms with van der Waals surface area (Å²) in [6.45, 7) is 0. The average molecular weight is 445 g/mol. The first-order valence-corrected chi connectivity index (χ1v) is 10.9. The normalized spacial score (nSPS) is 12.5. The maximum Gasteiger partial charge on any atom is 0.264 e. The highest BCUT2D eigenvalue weighted by Crippen LogP contribution is 2.24. The highest BCUT2D eigenvalue weighted by atomic mass is 35.5. The Hall–Kier alpha value is -2.71. The molecule has 1 amide bonds. The van der Waals surface area contributed by atoms with E-state index < -0.39 is 10.0 Å². The standard InChI is InChI=1S/C22H21ClN2O4S/c1-25(29-2)30(27,28)20-14-10-18(11-15-20)22(26)24-21(16-6-4-3-5-7-16)17-8-12-19(23)13-9-17/h3-15,21H,1-2H3,(H,24,26). The molecule has 30 heavy (non-hydrogen) atoms. The number of carbonyl (C=O) groups is 1. The van der Waals surface area contributed by atoms with Crippen LogP contribution in [0.3, 0.4) is 0 Å². The molecule has 0 saturated carbocycles. The van der Waals surface area contributed by atoms with E-state index in [1.165, 1.54) is 38.4 Å². The van der Waals surface area contributed by atoms with Crippen LogP contribution in [0.4, 0.5) is 0 Å². The second-order valence-electron chi connectivity index (χ2n) is 6.49. The fourth-order valence-corrected chi connectivity index (χ4v) is 4.00. The third-order valence-corrected chi connectivity index (χ3v) is 6.57. The first-order valence-electron chi connectivity index (χ1n) is 9.07. The van der Waals surface area contributed by atoms with Crippen LogP contribution in [0, 0.1) is 0 Å². The molecule has 0 spiro atoms. The number of sulfonamides is 1. The number of amides is 1. The van der Waals surface area contributed by atoms with Crippen LogP contribution < -0.4 is 5.32 Å². The van der Waals surface area contributed by atoms with Gasteiger partial charge in [0.15, 0.2) is 0 Å². The van der Waals surface area contributed by atoms with E-state index in [-0.39, 0.29) is 16.8 Å². The van der Waals surface area contributed by atoms with E-state index in [9.17, 15) is 13.2 Å². The lowest BCUT2D eigenvalue weighted by Gasteiger charge is -2.20. The van der Waals surface area contributed by atoms with Gasteiger partial charge in [-0.25, -0.2) is 8.42 Å². The molecule has 3 aromatic carbocycles. The number of carbonyl (C=O) groups excluding carboxylic acids is 1. The zero-order chi connectivity index (χ0) is 21.7. The van der Waals surface area contributed by atoms with Gasteiger partial charge in [0, 0.05) is 17.6 Å². The molecule has 156 valence electrons. The van der Waals surface area contributed by atoms with Crippen molar-refractivity contribution in [2.45, 2.75) is 10.9 Å². The van der Waals surface area contributed by atoms with E-state index in [0.29, 0.717) is 10.6 Å². The van der Waals surface area contributed by atoms with Gasteiger partial charge < -0.3 is 5.32 Å². The van der Waals surface area contributed by atoms with Gasteiger partial charge in [0.25, 0.3) is 15.9 Å². The van der Waals surface area contributed by atoms with E-state index in [0.717, 1.165) is 15.6 Å². The minimum absolute atomic E-state index is 0.0284. The van der Waals surface area contributed by atoms with E-state index in [2.05, 4.69) is 5.32 Å². The Morgan fingerprint density at radius 1 is 0.933 bits per heavy atom. The summed E-state index contributed by atoms with van der Waals surface area (Å²) in [5, 5.41) is 3.62. The highest BCUT2D eigenvalue weighted by Gasteiger charge is 2.22. The van der Waals surface area contributed by atoms with Gasteiger partial charge in [0.2, 0.25) is 0 Å². The lowest BCUT2D eigenvalue weighted by Crippen LogP contribution is -2.29. The SMILES string of the molecule is CON(C)S(=O)(=O)c1ccc(C(=O)NC(c2ccccc2)c2ccc(Cl)cc2)cc1. The predicted molar refractivity (Wildman–Crippen MR) is 116 cm³/mol. The fraction of sp³-hybridized carbons (Fsp3) is 0.136. The summed E-state index contributed by atoms with van der Waals surface area (Å²) in [6.07, 6.45) is 0. The molecule has 0 bridgehead atoms. The molecular weight excluding hydrogens is 424 g/mol. The van der Waals surface area contributed by atoms with Gasteiger partial charge in [0.1, 0.15) is 0 Å². The molecule has 0 aromatic heterocycles. The molecule has 6 nitrogen and oxygen atoms in total. The van der Waals surface area contributed by atoms with Crippen molar-refractivity contribution in [2.75, 3.05) is 14.2 Å². The van der Waals surface area contributed by atoms with E-state index >= 15 is 0 Å². The van der Waals surface area contributed by atoms with Gasteiger partial charge >= 0.3 is 0 Å². The molecule has 1 unspecified atom stereocenters. The first-order chi connectivity index (χ1) is 14.3. The molecular formula is C22H21ClN2O4S. The number of hydrogen-bond acceptors (Lipinski definition) is 4. The molecule has 0 saturated heterocycles. The zero-order valence-corrected chi connectivity index (χ0v) is 18.0. The van der Waals surface area contributed by atoms with E-state index in [4.69, 9.17) is 16.4 Å². The number of halogens is 1. The fourth-order valence-electron chi connectivity index (χ4n) is 2.90. The molecule has 0 aliphatic carbocycles. The average Bonchev–Trinajstić information content (AvgIpc) is 2.78. The van der Waals surface area contributed by atoms with Crippen LogP contribution in [0.1, 0.15) is 27.5 Å². The predicted octanol–water partition coefficient (Wildman–Crippen LogP) is 4.04. The van der Waals surface area contributed by atoms with Gasteiger partial charge in [-0.3, -0.25) is 9.63 Å². The quantitative estimate of drug-likeness (QED) is 0.558.